The van der Waals surface area contributed by atoms with E-state index in [-0.39, 0.29) is 30.9 Å². The second-order valence-corrected chi connectivity index (χ2v) is 15.9. The molecule has 10 rings (SSSR count). The summed E-state index contributed by atoms with van der Waals surface area (Å²) in [5.41, 5.74) is 15.3. The maximum absolute atomic E-state index is 4.52. The molecular weight excluding hydrogens is 863 g/mol. The summed E-state index contributed by atoms with van der Waals surface area (Å²) >= 11 is 0. The summed E-state index contributed by atoms with van der Waals surface area (Å²) in [6.45, 7) is 13.5. The summed E-state index contributed by atoms with van der Waals surface area (Å²) in [6.07, 6.45) is 1.88. The van der Waals surface area contributed by atoms with E-state index in [4.69, 9.17) is 0 Å². The molecule has 0 bridgehead atoms. The Bertz CT molecular complexity index is 2610. The quantitative estimate of drug-likeness (QED) is 0.165. The Hall–Kier alpha value is -5.68. The molecule has 0 N–H and O–H groups in total. The largest absolute Gasteiger partial charge is 0.304 e. The molecule has 0 atom stereocenters. The maximum atomic E-state index is 4.52. The first kappa shape index (κ1) is 37.3. The molecule has 0 fully saturated rings. The van der Waals surface area contributed by atoms with Gasteiger partial charge in [-0.25, -0.2) is 0 Å². The van der Waals surface area contributed by atoms with Gasteiger partial charge in [-0.3, -0.25) is 0 Å². The van der Waals surface area contributed by atoms with Gasteiger partial charge in [-0.2, -0.15) is 10.2 Å². The van der Waals surface area contributed by atoms with Gasteiger partial charge < -0.3 is 4.98 Å². The van der Waals surface area contributed by atoms with E-state index in [2.05, 4.69) is 188 Å². The third-order valence-corrected chi connectivity index (χ3v) is 11.5. The molecule has 8 aromatic rings. The third-order valence-electron chi connectivity index (χ3n) is 11.5. The zero-order chi connectivity index (χ0) is 37.9. The molecule has 5 nitrogen and oxygen atoms in total. The number of aromatic nitrogens is 5. The van der Waals surface area contributed by atoms with Crippen molar-refractivity contribution in [1.82, 2.24) is 25.4 Å². The molecule has 0 unspecified atom stereocenters. The van der Waals surface area contributed by atoms with Crippen molar-refractivity contribution in [2.75, 3.05) is 0 Å². The van der Waals surface area contributed by atoms with Crippen LogP contribution in [0, 0.1) is 12.1 Å². The predicted octanol–water partition coefficient (Wildman–Crippen LogP) is 11.8. The van der Waals surface area contributed by atoms with Crippen LogP contribution in [0.15, 0.2) is 134 Å². The summed E-state index contributed by atoms with van der Waals surface area (Å²) in [4.78, 5) is 4.52. The predicted molar refractivity (Wildman–Crippen MR) is 223 cm³/mol. The van der Waals surface area contributed by atoms with Crippen LogP contribution in [0.1, 0.15) is 75.3 Å². The molecule has 6 aromatic carbocycles. The SMILES string of the molecule is CC(C)c1ccc2c(-c3[c-]cccc3)nccc2c1.CC1(C)c2ccccc2-c2c[c-]c(-c3nnc(-c4ccc5c(c4)C(C)(C)c4ccccc4-5)nn3)cc21.[Ir]. The van der Waals surface area contributed by atoms with Crippen LogP contribution in [-0.2, 0) is 30.9 Å². The molecule has 6 heteroatoms. The van der Waals surface area contributed by atoms with E-state index in [0.717, 1.165) is 22.4 Å². The first-order valence-corrected chi connectivity index (χ1v) is 19.0. The van der Waals surface area contributed by atoms with Gasteiger partial charge in [-0.1, -0.05) is 132 Å². The summed E-state index contributed by atoms with van der Waals surface area (Å²) in [5.74, 6) is 1.56. The minimum Gasteiger partial charge on any atom is -0.304 e. The molecule has 0 spiro atoms. The standard InChI is InChI=1S/C32H25N4.C18H16N.Ir/c1-31(2)25-11-7-5-9-21(25)23-15-13-19(17-27(23)31)29-33-35-30(36-34-29)20-14-16-24-22-10-6-8-12-26(22)32(3,4)28(24)18-20;1-13(2)15-8-9-17-16(12-15)10-11-19-18(17)14-6-4-3-5-7-14;/h5-13,15-18H,1-4H3;3-6,8-13H,1-2H3;/q2*-1;. The monoisotopic (exact) mass is 904 g/mol. The number of nitrogens with zero attached hydrogens (tertiary/aromatic N) is 5. The number of hydrogen-bond acceptors (Lipinski definition) is 5. The zero-order valence-corrected chi connectivity index (χ0v) is 34.7. The van der Waals surface area contributed by atoms with Gasteiger partial charge in [0.25, 0.3) is 0 Å². The Kier molecular flexibility index (Phi) is 9.60. The Morgan fingerprint density at radius 3 is 1.84 bits per heavy atom. The molecule has 2 aliphatic rings. The van der Waals surface area contributed by atoms with E-state index in [0.29, 0.717) is 17.6 Å². The number of fused-ring (bicyclic) bond motifs is 7. The van der Waals surface area contributed by atoms with Crippen LogP contribution in [-0.4, -0.2) is 25.4 Å². The van der Waals surface area contributed by atoms with Crippen LogP contribution in [0.5, 0.6) is 0 Å². The molecular formula is C50H41IrN5-2. The van der Waals surface area contributed by atoms with Crippen molar-refractivity contribution in [2.45, 2.75) is 58.3 Å². The van der Waals surface area contributed by atoms with Gasteiger partial charge in [0, 0.05) is 37.3 Å². The minimum atomic E-state index is -0.0919. The van der Waals surface area contributed by atoms with Gasteiger partial charge in [0.2, 0.25) is 5.82 Å². The molecule has 1 radical (unpaired) electrons. The molecule has 2 aliphatic carbocycles. The molecule has 2 heterocycles. The number of benzene rings is 6. The fraction of sp³-hybridized carbons (Fsp3) is 0.180. The van der Waals surface area contributed by atoms with E-state index in [1.54, 1.807) is 0 Å². The topological polar surface area (TPSA) is 64.5 Å². The van der Waals surface area contributed by atoms with Crippen molar-refractivity contribution >= 4 is 10.8 Å². The Morgan fingerprint density at radius 2 is 1.16 bits per heavy atom. The molecule has 0 aliphatic heterocycles. The van der Waals surface area contributed by atoms with Gasteiger partial charge in [-0.15, -0.1) is 75.4 Å². The molecule has 277 valence electrons. The number of pyridine rings is 1. The molecule has 0 amide bonds. The molecule has 2 aromatic heterocycles. The van der Waals surface area contributed by atoms with Crippen LogP contribution in [0.2, 0.25) is 0 Å². The van der Waals surface area contributed by atoms with Gasteiger partial charge >= 0.3 is 0 Å². The third kappa shape index (κ3) is 6.27. The zero-order valence-electron chi connectivity index (χ0n) is 32.3. The average molecular weight is 904 g/mol. The van der Waals surface area contributed by atoms with Crippen LogP contribution in [0.3, 0.4) is 0 Å². The number of rotatable bonds is 4. The van der Waals surface area contributed by atoms with Crippen LogP contribution in [0.4, 0.5) is 0 Å². The van der Waals surface area contributed by atoms with E-state index in [9.17, 15) is 0 Å². The van der Waals surface area contributed by atoms with Crippen molar-refractivity contribution < 1.29 is 20.1 Å². The van der Waals surface area contributed by atoms with E-state index < -0.39 is 0 Å². The van der Waals surface area contributed by atoms with Gasteiger partial charge in [0.05, 0.1) is 0 Å². The van der Waals surface area contributed by atoms with E-state index in [1.807, 2.05) is 24.4 Å². The molecule has 56 heavy (non-hydrogen) atoms. The Balaban J connectivity index is 0.000000187. The second kappa shape index (κ2) is 14.4. The fourth-order valence-corrected chi connectivity index (χ4v) is 8.38. The summed E-state index contributed by atoms with van der Waals surface area (Å²) in [6, 6.07) is 51.1. The van der Waals surface area contributed by atoms with Crippen LogP contribution in [0.25, 0.3) is 67.1 Å². The van der Waals surface area contributed by atoms with Crippen LogP contribution < -0.4 is 0 Å². The smallest absolute Gasteiger partial charge is 0.201 e. The van der Waals surface area contributed by atoms with Gasteiger partial charge in [0.1, 0.15) is 5.82 Å². The van der Waals surface area contributed by atoms with Crippen molar-refractivity contribution in [3.8, 4) is 56.3 Å². The summed E-state index contributed by atoms with van der Waals surface area (Å²) in [7, 11) is 0. The average Bonchev–Trinajstić information content (AvgIpc) is 3.60. The van der Waals surface area contributed by atoms with E-state index >= 15 is 0 Å². The minimum absolute atomic E-state index is 0. The molecule has 0 saturated heterocycles. The normalized spacial score (nSPS) is 13.8. The Morgan fingerprint density at radius 1 is 0.536 bits per heavy atom. The van der Waals surface area contributed by atoms with Crippen molar-refractivity contribution in [3.05, 3.63) is 174 Å². The van der Waals surface area contributed by atoms with Gasteiger partial charge in [0.15, 0.2) is 0 Å². The van der Waals surface area contributed by atoms with E-state index in [1.165, 1.54) is 60.8 Å². The van der Waals surface area contributed by atoms with Gasteiger partial charge in [-0.05, 0) is 73.3 Å². The first-order valence-electron chi connectivity index (χ1n) is 19.0. The maximum Gasteiger partial charge on any atom is 0.201 e. The fourth-order valence-electron chi connectivity index (χ4n) is 8.38. The summed E-state index contributed by atoms with van der Waals surface area (Å²) < 4.78 is 0. The van der Waals surface area contributed by atoms with Crippen molar-refractivity contribution in [2.24, 2.45) is 0 Å². The summed E-state index contributed by atoms with van der Waals surface area (Å²) in [5, 5.41) is 20.3. The Labute approximate surface area is 342 Å². The molecule has 0 saturated carbocycles. The first-order chi connectivity index (χ1) is 26.6. The van der Waals surface area contributed by atoms with Crippen molar-refractivity contribution in [3.63, 3.8) is 0 Å². The second-order valence-electron chi connectivity index (χ2n) is 15.9. The van der Waals surface area contributed by atoms with Crippen molar-refractivity contribution in [1.29, 1.82) is 0 Å². The number of hydrogen-bond donors (Lipinski definition) is 0. The van der Waals surface area contributed by atoms with Crippen LogP contribution >= 0.6 is 0 Å².